The number of fused-ring (bicyclic) bond motifs is 2. The SMILES string of the molecule is CC1(C)CC(=O)c2cnn(-c3ccccc3)c2C1n1cc(CCCCc2cn(C3c4c(cnn4-c4ccccc4)C(=O)CC3(C)C)nn2)nn1. The minimum absolute atomic E-state index is 0.100. The summed E-state index contributed by atoms with van der Waals surface area (Å²) in [5.41, 5.74) is 5.85. The van der Waals surface area contributed by atoms with E-state index in [1.165, 1.54) is 0 Å². The average Bonchev–Trinajstić information content (AvgIpc) is 3.91. The van der Waals surface area contributed by atoms with Crippen molar-refractivity contribution < 1.29 is 9.59 Å². The van der Waals surface area contributed by atoms with Crippen LogP contribution in [0.5, 0.6) is 0 Å². The van der Waals surface area contributed by atoms with Gasteiger partial charge in [-0.1, -0.05) is 74.5 Å². The molecule has 6 aromatic rings. The van der Waals surface area contributed by atoms with Crippen LogP contribution in [0.25, 0.3) is 11.4 Å². The number of benzene rings is 2. The Hall–Kier alpha value is -5.52. The van der Waals surface area contributed by atoms with Crippen molar-refractivity contribution in [3.63, 3.8) is 0 Å². The number of aryl methyl sites for hydroxylation is 2. The number of rotatable bonds is 9. The third-order valence-electron chi connectivity index (χ3n) is 10.2. The highest BCUT2D eigenvalue weighted by molar-refractivity contribution is 5.99. The Bertz CT molecular complexity index is 2030. The van der Waals surface area contributed by atoms with E-state index in [1.807, 2.05) is 91.8 Å². The highest BCUT2D eigenvalue weighted by Crippen LogP contribution is 2.47. The van der Waals surface area contributed by atoms with Gasteiger partial charge in [0.15, 0.2) is 11.6 Å². The lowest BCUT2D eigenvalue weighted by atomic mass is 9.72. The molecule has 12 nitrogen and oxygen atoms in total. The Morgan fingerprint density at radius 2 is 1.02 bits per heavy atom. The summed E-state index contributed by atoms with van der Waals surface area (Å²) in [6.07, 6.45) is 11.6. The maximum absolute atomic E-state index is 13.1. The lowest BCUT2D eigenvalue weighted by molar-refractivity contribution is 0.0845. The molecule has 0 bridgehead atoms. The quantitative estimate of drug-likeness (QED) is 0.166. The second-order valence-electron chi connectivity index (χ2n) is 15.0. The van der Waals surface area contributed by atoms with E-state index in [2.05, 4.69) is 58.5 Å². The highest BCUT2D eigenvalue weighted by Gasteiger charge is 2.46. The number of para-hydroxylation sites is 2. The number of hydrogen-bond donors (Lipinski definition) is 0. The summed E-state index contributed by atoms with van der Waals surface area (Å²) in [6.45, 7) is 8.44. The summed E-state index contributed by atoms with van der Waals surface area (Å²) in [5, 5.41) is 27.5. The van der Waals surface area contributed by atoms with E-state index in [0.29, 0.717) is 24.0 Å². The first-order valence-corrected chi connectivity index (χ1v) is 17.3. The molecule has 0 fully saturated rings. The first kappa shape index (κ1) is 31.7. The largest absolute Gasteiger partial charge is 0.294 e. The first-order chi connectivity index (χ1) is 24.1. The van der Waals surface area contributed by atoms with Gasteiger partial charge in [-0.25, -0.2) is 18.7 Å². The predicted molar refractivity (Wildman–Crippen MR) is 186 cm³/mol. The summed E-state index contributed by atoms with van der Waals surface area (Å²) < 4.78 is 7.57. The Labute approximate surface area is 290 Å². The third-order valence-corrected chi connectivity index (χ3v) is 10.2. The van der Waals surface area contributed by atoms with Gasteiger partial charge in [-0.05, 0) is 49.9 Å². The molecule has 2 atom stereocenters. The molecule has 12 heteroatoms. The Kier molecular flexibility index (Phi) is 7.69. The van der Waals surface area contributed by atoms with Crippen LogP contribution >= 0.6 is 0 Å². The van der Waals surface area contributed by atoms with Gasteiger partial charge in [-0.2, -0.15) is 10.2 Å². The monoisotopic (exact) mass is 668 g/mol. The zero-order valence-electron chi connectivity index (χ0n) is 28.8. The van der Waals surface area contributed by atoms with Crippen molar-refractivity contribution in [3.8, 4) is 11.4 Å². The molecule has 2 aliphatic carbocycles. The number of nitrogens with zero attached hydrogens (tertiary/aromatic N) is 10. The molecule has 0 amide bonds. The molecule has 254 valence electrons. The zero-order chi connectivity index (χ0) is 34.6. The molecule has 0 aliphatic heterocycles. The number of unbranched alkanes of at least 4 members (excludes halogenated alkanes) is 1. The smallest absolute Gasteiger partial charge is 0.167 e. The molecule has 0 radical (unpaired) electrons. The molecule has 2 aliphatic rings. The van der Waals surface area contributed by atoms with E-state index in [1.54, 1.807) is 12.4 Å². The van der Waals surface area contributed by atoms with Crippen LogP contribution in [-0.4, -0.2) is 61.1 Å². The molecule has 4 aromatic heterocycles. The van der Waals surface area contributed by atoms with Crippen molar-refractivity contribution >= 4 is 11.6 Å². The van der Waals surface area contributed by atoms with Crippen molar-refractivity contribution in [2.24, 2.45) is 10.8 Å². The van der Waals surface area contributed by atoms with Gasteiger partial charge < -0.3 is 0 Å². The molecule has 0 N–H and O–H groups in total. The molecule has 0 spiro atoms. The Morgan fingerprint density at radius 3 is 1.42 bits per heavy atom. The van der Waals surface area contributed by atoms with Crippen molar-refractivity contribution in [3.05, 3.63) is 119 Å². The fourth-order valence-electron chi connectivity index (χ4n) is 7.86. The lowest BCUT2D eigenvalue weighted by Crippen LogP contribution is -2.37. The Morgan fingerprint density at radius 1 is 0.620 bits per heavy atom. The van der Waals surface area contributed by atoms with E-state index in [9.17, 15) is 9.59 Å². The van der Waals surface area contributed by atoms with E-state index in [-0.39, 0.29) is 34.5 Å². The fourth-order valence-corrected chi connectivity index (χ4v) is 7.86. The number of aromatic nitrogens is 10. The number of hydrogen-bond acceptors (Lipinski definition) is 8. The van der Waals surface area contributed by atoms with Crippen molar-refractivity contribution in [2.45, 2.75) is 78.3 Å². The minimum Gasteiger partial charge on any atom is -0.294 e. The molecular formula is C38H40N10O2. The van der Waals surface area contributed by atoms with Crippen molar-refractivity contribution in [1.29, 1.82) is 0 Å². The van der Waals surface area contributed by atoms with E-state index >= 15 is 0 Å². The Balaban J connectivity index is 0.970. The number of ketones is 2. The summed E-state index contributed by atoms with van der Waals surface area (Å²) in [4.78, 5) is 26.3. The second kappa shape index (κ2) is 12.1. The molecule has 2 unspecified atom stereocenters. The van der Waals surface area contributed by atoms with Gasteiger partial charge >= 0.3 is 0 Å². The van der Waals surface area contributed by atoms with Crippen LogP contribution in [0.1, 0.15) is 109 Å². The number of carbonyl (C=O) groups excluding carboxylic acids is 2. The summed E-state index contributed by atoms with van der Waals surface area (Å²) >= 11 is 0. The topological polar surface area (TPSA) is 131 Å². The van der Waals surface area contributed by atoms with Crippen molar-refractivity contribution in [2.75, 3.05) is 0 Å². The van der Waals surface area contributed by atoms with E-state index in [4.69, 9.17) is 0 Å². The molecule has 2 aromatic carbocycles. The van der Waals surface area contributed by atoms with Gasteiger partial charge in [0, 0.05) is 36.1 Å². The highest BCUT2D eigenvalue weighted by atomic mass is 16.1. The molecule has 8 rings (SSSR count). The van der Waals surface area contributed by atoms with Crippen LogP contribution in [0.2, 0.25) is 0 Å². The van der Waals surface area contributed by atoms with Crippen LogP contribution in [0.15, 0.2) is 85.5 Å². The fraction of sp³-hybridized carbons (Fsp3) is 0.368. The van der Waals surface area contributed by atoms with Gasteiger partial charge in [-0.15, -0.1) is 10.2 Å². The second-order valence-corrected chi connectivity index (χ2v) is 15.0. The number of Topliss-reactive ketones (excluding diaryl/α,β-unsaturated/α-hetero) is 2. The van der Waals surface area contributed by atoms with Crippen LogP contribution in [0.3, 0.4) is 0 Å². The van der Waals surface area contributed by atoms with Gasteiger partial charge in [0.05, 0.1) is 57.7 Å². The molecular weight excluding hydrogens is 628 g/mol. The van der Waals surface area contributed by atoms with Gasteiger partial charge in [0.1, 0.15) is 12.1 Å². The van der Waals surface area contributed by atoms with Crippen LogP contribution in [0.4, 0.5) is 0 Å². The van der Waals surface area contributed by atoms with E-state index < -0.39 is 0 Å². The minimum atomic E-state index is -0.382. The number of carbonyl (C=O) groups is 2. The summed E-state index contributed by atoms with van der Waals surface area (Å²) in [5.74, 6) is 0.201. The standard InChI is InChI=1S/C38H40N10O2/c1-37(2)19-31(49)29-21-39-47(27-15-7-5-8-16-27)33(29)35(37)45-23-25(41-43-45)13-11-12-14-26-24-46(44-42-26)36-34-30(32(50)20-38(36,3)4)22-40-48(34)28-17-9-6-10-18-28/h5-10,15-18,21-24,35-36H,11-14,19-20H2,1-4H3. The van der Waals surface area contributed by atoms with Gasteiger partial charge in [-0.3, -0.25) is 9.59 Å². The summed E-state index contributed by atoms with van der Waals surface area (Å²) in [7, 11) is 0. The zero-order valence-corrected chi connectivity index (χ0v) is 28.8. The van der Waals surface area contributed by atoms with Crippen LogP contribution < -0.4 is 0 Å². The molecule has 0 saturated carbocycles. The molecule has 50 heavy (non-hydrogen) atoms. The van der Waals surface area contributed by atoms with Gasteiger partial charge in [0.25, 0.3) is 0 Å². The van der Waals surface area contributed by atoms with Crippen LogP contribution in [0, 0.1) is 10.8 Å². The van der Waals surface area contributed by atoms with Gasteiger partial charge in [0.2, 0.25) is 0 Å². The third kappa shape index (κ3) is 5.48. The average molecular weight is 669 g/mol. The van der Waals surface area contributed by atoms with E-state index in [0.717, 1.165) is 59.8 Å². The first-order valence-electron chi connectivity index (χ1n) is 17.3. The van der Waals surface area contributed by atoms with Crippen LogP contribution in [-0.2, 0) is 12.8 Å². The maximum atomic E-state index is 13.1. The summed E-state index contributed by atoms with van der Waals surface area (Å²) in [6, 6.07) is 19.4. The maximum Gasteiger partial charge on any atom is 0.167 e. The molecule has 0 saturated heterocycles. The van der Waals surface area contributed by atoms with Crippen molar-refractivity contribution in [1.82, 2.24) is 49.5 Å². The predicted octanol–water partition coefficient (Wildman–Crippen LogP) is 6.21. The normalized spacial score (nSPS) is 19.4. The lowest BCUT2D eigenvalue weighted by Gasteiger charge is -2.37. The molecule has 4 heterocycles.